The normalized spacial score (nSPS) is 23.1. The van der Waals surface area contributed by atoms with Crippen molar-refractivity contribution in [2.75, 3.05) is 19.8 Å². The molecule has 138 valence electrons. The second kappa shape index (κ2) is 7.43. The first-order valence-electron chi connectivity index (χ1n) is 8.36. The summed E-state index contributed by atoms with van der Waals surface area (Å²) in [7, 11) is 0. The standard InChI is InChI=1S/C17H22F2N2O4/c18-16(19)25-14-4-3-11(6-15(14)24-9-10-1-2-10)12-5-13(8-22)21(7-12)17(20)23/h3-4,6,10,12-13,16,22H,1-2,5,7-9H2,(H2,20,23)/t12?,13-/m0/s1. The highest BCUT2D eigenvalue weighted by Crippen LogP contribution is 2.38. The lowest BCUT2D eigenvalue weighted by atomic mass is 9.96. The van der Waals surface area contributed by atoms with Gasteiger partial charge in [-0.2, -0.15) is 8.78 Å². The molecule has 1 aliphatic heterocycles. The molecule has 1 unspecified atom stereocenters. The third-order valence-electron chi connectivity index (χ3n) is 4.73. The molecule has 6 nitrogen and oxygen atoms in total. The molecule has 1 aromatic carbocycles. The van der Waals surface area contributed by atoms with Gasteiger partial charge >= 0.3 is 12.6 Å². The van der Waals surface area contributed by atoms with Gasteiger partial charge in [-0.05, 0) is 42.9 Å². The van der Waals surface area contributed by atoms with Gasteiger partial charge in [-0.3, -0.25) is 0 Å². The van der Waals surface area contributed by atoms with Crippen LogP contribution in [0.25, 0.3) is 0 Å². The highest BCUT2D eigenvalue weighted by atomic mass is 19.3. The predicted molar refractivity (Wildman–Crippen MR) is 85.8 cm³/mol. The average Bonchev–Trinajstić information content (AvgIpc) is 3.29. The molecule has 1 saturated carbocycles. The third-order valence-corrected chi connectivity index (χ3v) is 4.73. The fourth-order valence-corrected chi connectivity index (χ4v) is 3.18. The van der Waals surface area contributed by atoms with Gasteiger partial charge in [0.15, 0.2) is 11.5 Å². The SMILES string of the molecule is NC(=O)N1CC(c2ccc(OC(F)F)c(OCC3CC3)c2)C[C@H]1CO. The number of ether oxygens (including phenoxy) is 2. The Labute approximate surface area is 144 Å². The van der Waals surface area contributed by atoms with Crippen molar-refractivity contribution >= 4 is 6.03 Å². The lowest BCUT2D eigenvalue weighted by Crippen LogP contribution is -2.41. The fraction of sp³-hybridized carbons (Fsp3) is 0.588. The van der Waals surface area contributed by atoms with Gasteiger partial charge in [0.25, 0.3) is 0 Å². The van der Waals surface area contributed by atoms with Gasteiger partial charge < -0.3 is 25.2 Å². The van der Waals surface area contributed by atoms with Gasteiger partial charge in [-0.15, -0.1) is 0 Å². The van der Waals surface area contributed by atoms with Crippen LogP contribution in [0.2, 0.25) is 0 Å². The molecular formula is C17H22F2N2O4. The summed E-state index contributed by atoms with van der Waals surface area (Å²) in [4.78, 5) is 12.9. The van der Waals surface area contributed by atoms with E-state index in [0.717, 1.165) is 18.4 Å². The molecule has 2 fully saturated rings. The number of carbonyl (C=O) groups excluding carboxylic acids is 1. The van der Waals surface area contributed by atoms with Crippen molar-refractivity contribution in [1.82, 2.24) is 4.90 Å². The molecule has 1 aliphatic carbocycles. The minimum atomic E-state index is -2.93. The number of rotatable bonds is 7. The summed E-state index contributed by atoms with van der Waals surface area (Å²) in [5.74, 6) is 0.706. The molecule has 1 saturated heterocycles. The van der Waals surface area contributed by atoms with E-state index in [1.54, 1.807) is 12.1 Å². The number of hydrogen-bond acceptors (Lipinski definition) is 4. The van der Waals surface area contributed by atoms with E-state index in [2.05, 4.69) is 4.74 Å². The number of amides is 2. The summed E-state index contributed by atoms with van der Waals surface area (Å²) in [6.07, 6.45) is 2.72. The van der Waals surface area contributed by atoms with E-state index in [9.17, 15) is 18.7 Å². The Kier molecular flexibility index (Phi) is 5.27. The zero-order chi connectivity index (χ0) is 18.0. The summed E-state index contributed by atoms with van der Waals surface area (Å²) in [5.41, 5.74) is 6.19. The molecule has 2 amide bonds. The molecule has 3 N–H and O–H groups in total. The van der Waals surface area contributed by atoms with Crippen LogP contribution in [-0.4, -0.2) is 48.4 Å². The number of aliphatic hydroxyl groups excluding tert-OH is 1. The maximum atomic E-state index is 12.6. The zero-order valence-electron chi connectivity index (χ0n) is 13.7. The van der Waals surface area contributed by atoms with Crippen molar-refractivity contribution in [3.05, 3.63) is 23.8 Å². The summed E-state index contributed by atoms with van der Waals surface area (Å²) in [5, 5.41) is 9.42. The second-order valence-corrected chi connectivity index (χ2v) is 6.60. The maximum absolute atomic E-state index is 12.6. The number of alkyl halides is 2. The highest BCUT2D eigenvalue weighted by molar-refractivity contribution is 5.73. The monoisotopic (exact) mass is 356 g/mol. The number of hydrogen-bond donors (Lipinski definition) is 2. The Morgan fingerprint density at radius 3 is 2.68 bits per heavy atom. The zero-order valence-corrected chi connectivity index (χ0v) is 13.7. The number of primary amides is 1. The van der Waals surface area contributed by atoms with Crippen molar-refractivity contribution in [1.29, 1.82) is 0 Å². The van der Waals surface area contributed by atoms with Crippen molar-refractivity contribution in [2.24, 2.45) is 11.7 Å². The Morgan fingerprint density at radius 1 is 1.36 bits per heavy atom. The van der Waals surface area contributed by atoms with Crippen LogP contribution in [0.3, 0.4) is 0 Å². The predicted octanol–water partition coefficient (Wildman–Crippen LogP) is 2.31. The second-order valence-electron chi connectivity index (χ2n) is 6.60. The van der Waals surface area contributed by atoms with Crippen LogP contribution in [0.15, 0.2) is 18.2 Å². The van der Waals surface area contributed by atoms with Gasteiger partial charge in [-0.25, -0.2) is 4.79 Å². The molecule has 3 rings (SSSR count). The number of carbonyl (C=O) groups is 1. The van der Waals surface area contributed by atoms with Crippen LogP contribution < -0.4 is 15.2 Å². The van der Waals surface area contributed by atoms with Crippen LogP contribution in [0.4, 0.5) is 13.6 Å². The summed E-state index contributed by atoms with van der Waals surface area (Å²) >= 11 is 0. The number of nitrogens with two attached hydrogens (primary N) is 1. The van der Waals surface area contributed by atoms with Crippen LogP contribution in [0.1, 0.15) is 30.7 Å². The lowest BCUT2D eigenvalue weighted by molar-refractivity contribution is -0.0515. The first-order valence-corrected chi connectivity index (χ1v) is 8.36. The molecule has 0 aromatic heterocycles. The first-order chi connectivity index (χ1) is 12.0. The largest absolute Gasteiger partial charge is 0.489 e. The lowest BCUT2D eigenvalue weighted by Gasteiger charge is -2.20. The van der Waals surface area contributed by atoms with E-state index in [4.69, 9.17) is 10.5 Å². The number of nitrogens with zero attached hydrogens (tertiary/aromatic N) is 1. The number of halogens is 2. The number of likely N-dealkylation sites (tertiary alicyclic amines) is 1. The van der Waals surface area contributed by atoms with Gasteiger partial charge in [0, 0.05) is 12.5 Å². The minimum absolute atomic E-state index is 0.00265. The van der Waals surface area contributed by atoms with Crippen molar-refractivity contribution < 1.29 is 28.2 Å². The number of aliphatic hydroxyl groups is 1. The third kappa shape index (κ3) is 4.31. The smallest absolute Gasteiger partial charge is 0.387 e. The van der Waals surface area contributed by atoms with Crippen LogP contribution >= 0.6 is 0 Å². The van der Waals surface area contributed by atoms with E-state index in [0.29, 0.717) is 25.5 Å². The number of benzene rings is 1. The molecule has 1 heterocycles. The fourth-order valence-electron chi connectivity index (χ4n) is 3.18. The Morgan fingerprint density at radius 2 is 2.12 bits per heavy atom. The van der Waals surface area contributed by atoms with Gasteiger partial charge in [0.05, 0.1) is 19.3 Å². The van der Waals surface area contributed by atoms with Crippen LogP contribution in [0.5, 0.6) is 11.5 Å². The summed E-state index contributed by atoms with van der Waals surface area (Å²) < 4.78 is 35.4. The van der Waals surface area contributed by atoms with E-state index < -0.39 is 12.6 Å². The topological polar surface area (TPSA) is 85.0 Å². The molecule has 2 atom stereocenters. The molecule has 0 bridgehead atoms. The van der Waals surface area contributed by atoms with Crippen molar-refractivity contribution in [3.8, 4) is 11.5 Å². The van der Waals surface area contributed by atoms with E-state index >= 15 is 0 Å². The van der Waals surface area contributed by atoms with E-state index in [1.165, 1.54) is 11.0 Å². The highest BCUT2D eigenvalue weighted by Gasteiger charge is 2.35. The van der Waals surface area contributed by atoms with Gasteiger partial charge in [0.2, 0.25) is 0 Å². The Hall–Kier alpha value is -2.09. The molecule has 0 radical (unpaired) electrons. The first kappa shape index (κ1) is 17.7. The average molecular weight is 356 g/mol. The van der Waals surface area contributed by atoms with Crippen LogP contribution in [-0.2, 0) is 0 Å². The van der Waals surface area contributed by atoms with Gasteiger partial charge in [-0.1, -0.05) is 6.07 Å². The van der Waals surface area contributed by atoms with E-state index in [-0.39, 0.29) is 30.1 Å². The van der Waals surface area contributed by atoms with E-state index in [1.807, 2.05) is 0 Å². The minimum Gasteiger partial charge on any atom is -0.489 e. The number of urea groups is 1. The molecule has 2 aliphatic rings. The molecular weight excluding hydrogens is 334 g/mol. The quantitative estimate of drug-likeness (QED) is 0.785. The maximum Gasteiger partial charge on any atom is 0.387 e. The molecule has 25 heavy (non-hydrogen) atoms. The Bertz CT molecular complexity index is 625. The van der Waals surface area contributed by atoms with Crippen molar-refractivity contribution in [2.45, 2.75) is 37.8 Å². The van der Waals surface area contributed by atoms with Gasteiger partial charge in [0.1, 0.15) is 0 Å². The van der Waals surface area contributed by atoms with Crippen LogP contribution in [0, 0.1) is 5.92 Å². The molecule has 1 aromatic rings. The summed E-state index contributed by atoms with van der Waals surface area (Å²) in [6.45, 7) is -2.25. The van der Waals surface area contributed by atoms with Crippen molar-refractivity contribution in [3.63, 3.8) is 0 Å². The molecule has 0 spiro atoms. The summed E-state index contributed by atoms with van der Waals surface area (Å²) in [6, 6.07) is 3.92. The molecule has 8 heteroatoms. The Balaban J connectivity index is 1.78.